The number of carbonyl (C=O) groups excluding carboxylic acids is 2. The maximum atomic E-state index is 13.9. The van der Waals surface area contributed by atoms with E-state index >= 15 is 0 Å². The SMILES string of the molecule is CCCCNC(=O)C(Cc1ccccc1)N(Cc1cccc(C)c1)C(=O)CN(C)S(=O)(=O)c1ccc(Cl)cc1. The number of halogens is 1. The Kier molecular flexibility index (Phi) is 11.1. The second-order valence-electron chi connectivity index (χ2n) is 9.58. The number of hydrogen-bond donors (Lipinski definition) is 1. The second kappa shape index (κ2) is 14.3. The molecule has 0 spiro atoms. The summed E-state index contributed by atoms with van der Waals surface area (Å²) >= 11 is 5.92. The molecule has 1 unspecified atom stereocenters. The number of hydrogen-bond acceptors (Lipinski definition) is 4. The number of likely N-dealkylation sites (N-methyl/N-ethyl adjacent to an activating group) is 1. The van der Waals surface area contributed by atoms with Crippen molar-refractivity contribution in [3.63, 3.8) is 0 Å². The normalized spacial score (nSPS) is 12.2. The molecule has 9 heteroatoms. The van der Waals surface area contributed by atoms with Gasteiger partial charge in [-0.1, -0.05) is 85.1 Å². The highest BCUT2D eigenvalue weighted by atomic mass is 35.5. The van der Waals surface area contributed by atoms with Crippen LogP contribution in [0.1, 0.15) is 36.5 Å². The van der Waals surface area contributed by atoms with Gasteiger partial charge < -0.3 is 10.2 Å². The number of benzene rings is 3. The molecule has 0 fully saturated rings. The Hall–Kier alpha value is -3.20. The van der Waals surface area contributed by atoms with E-state index in [1.54, 1.807) is 0 Å². The Labute approximate surface area is 236 Å². The Morgan fingerprint density at radius 1 is 0.949 bits per heavy atom. The van der Waals surface area contributed by atoms with Gasteiger partial charge in [-0.05, 0) is 48.7 Å². The van der Waals surface area contributed by atoms with Gasteiger partial charge in [-0.15, -0.1) is 0 Å². The first-order valence-electron chi connectivity index (χ1n) is 13.0. The van der Waals surface area contributed by atoms with E-state index in [-0.39, 0.29) is 17.3 Å². The Balaban J connectivity index is 1.95. The summed E-state index contributed by atoms with van der Waals surface area (Å²) in [5.74, 6) is -0.736. The minimum Gasteiger partial charge on any atom is -0.354 e. The predicted molar refractivity (Wildman–Crippen MR) is 155 cm³/mol. The summed E-state index contributed by atoms with van der Waals surface area (Å²) in [6, 6.07) is 22.2. The van der Waals surface area contributed by atoms with Crippen molar-refractivity contribution in [2.75, 3.05) is 20.1 Å². The van der Waals surface area contributed by atoms with Crippen LogP contribution in [-0.2, 0) is 32.6 Å². The van der Waals surface area contributed by atoms with Gasteiger partial charge >= 0.3 is 0 Å². The molecule has 0 aliphatic heterocycles. The van der Waals surface area contributed by atoms with Crippen LogP contribution in [0.4, 0.5) is 0 Å². The molecule has 1 N–H and O–H groups in total. The molecule has 7 nitrogen and oxygen atoms in total. The first-order valence-corrected chi connectivity index (χ1v) is 14.8. The molecule has 3 aromatic rings. The molecule has 208 valence electrons. The minimum absolute atomic E-state index is 0.0329. The number of aryl methyl sites for hydroxylation is 1. The summed E-state index contributed by atoms with van der Waals surface area (Å²) in [5, 5.41) is 3.39. The van der Waals surface area contributed by atoms with E-state index in [0.29, 0.717) is 18.0 Å². The van der Waals surface area contributed by atoms with Crippen LogP contribution in [0.3, 0.4) is 0 Å². The van der Waals surface area contributed by atoms with Crippen LogP contribution in [0.5, 0.6) is 0 Å². The molecule has 0 heterocycles. The summed E-state index contributed by atoms with van der Waals surface area (Å²) < 4.78 is 27.4. The third-order valence-corrected chi connectivity index (χ3v) is 8.49. The standard InChI is InChI=1S/C30H36ClN3O4S/c1-4-5-18-32-30(36)28(20-24-11-7-6-8-12-24)34(21-25-13-9-10-23(2)19-25)29(35)22-33(3)39(37,38)27-16-14-26(31)15-17-27/h6-17,19,28H,4-5,18,20-22H2,1-3H3,(H,32,36). The zero-order valence-corrected chi connectivity index (χ0v) is 24.2. The lowest BCUT2D eigenvalue weighted by molar-refractivity contribution is -0.141. The van der Waals surface area contributed by atoms with Crippen molar-refractivity contribution in [1.82, 2.24) is 14.5 Å². The Bertz CT molecular complexity index is 1350. The number of nitrogens with zero attached hydrogens (tertiary/aromatic N) is 2. The van der Waals surface area contributed by atoms with Crippen molar-refractivity contribution in [3.05, 3.63) is 101 Å². The van der Waals surface area contributed by atoms with Crippen LogP contribution in [0.2, 0.25) is 5.02 Å². The van der Waals surface area contributed by atoms with E-state index in [1.807, 2.05) is 68.4 Å². The van der Waals surface area contributed by atoms with Crippen LogP contribution in [0.15, 0.2) is 83.8 Å². The summed E-state index contributed by atoms with van der Waals surface area (Å²) in [4.78, 5) is 28.9. The molecule has 0 aromatic heterocycles. The molecule has 0 radical (unpaired) electrons. The number of unbranched alkanes of at least 4 members (excludes halogenated alkanes) is 1. The lowest BCUT2D eigenvalue weighted by Gasteiger charge is -2.32. The summed E-state index contributed by atoms with van der Waals surface area (Å²) in [6.45, 7) is 4.23. The second-order valence-corrected chi connectivity index (χ2v) is 12.1. The van der Waals surface area contributed by atoms with E-state index < -0.39 is 28.5 Å². The van der Waals surface area contributed by atoms with Gasteiger partial charge in [0.1, 0.15) is 6.04 Å². The van der Waals surface area contributed by atoms with E-state index in [0.717, 1.165) is 33.8 Å². The molecule has 1 atom stereocenters. The van der Waals surface area contributed by atoms with Crippen LogP contribution in [0.25, 0.3) is 0 Å². The third-order valence-electron chi connectivity index (χ3n) is 6.42. The molecular formula is C30H36ClN3O4S. The zero-order valence-electron chi connectivity index (χ0n) is 22.6. The number of amides is 2. The molecule has 3 rings (SSSR count). The monoisotopic (exact) mass is 569 g/mol. The van der Waals surface area contributed by atoms with Gasteiger partial charge in [-0.2, -0.15) is 4.31 Å². The maximum Gasteiger partial charge on any atom is 0.243 e. The molecule has 0 bridgehead atoms. The first-order chi connectivity index (χ1) is 18.6. The fourth-order valence-corrected chi connectivity index (χ4v) is 5.47. The number of carbonyl (C=O) groups is 2. The van der Waals surface area contributed by atoms with Gasteiger partial charge in [0.15, 0.2) is 0 Å². The quantitative estimate of drug-likeness (QED) is 0.299. The Morgan fingerprint density at radius 2 is 1.62 bits per heavy atom. The molecule has 0 saturated carbocycles. The highest BCUT2D eigenvalue weighted by Gasteiger charge is 2.33. The van der Waals surface area contributed by atoms with E-state index in [9.17, 15) is 18.0 Å². The molecule has 0 saturated heterocycles. The Morgan fingerprint density at radius 3 is 2.26 bits per heavy atom. The smallest absolute Gasteiger partial charge is 0.243 e. The van der Waals surface area contributed by atoms with Gasteiger partial charge in [0.2, 0.25) is 21.8 Å². The molecule has 39 heavy (non-hydrogen) atoms. The fourth-order valence-electron chi connectivity index (χ4n) is 4.22. The van der Waals surface area contributed by atoms with Crippen molar-refractivity contribution in [2.45, 2.75) is 50.6 Å². The van der Waals surface area contributed by atoms with Crippen LogP contribution in [0, 0.1) is 6.92 Å². The first kappa shape index (κ1) is 30.3. The van der Waals surface area contributed by atoms with Crippen molar-refractivity contribution in [1.29, 1.82) is 0 Å². The highest BCUT2D eigenvalue weighted by molar-refractivity contribution is 7.89. The third kappa shape index (κ3) is 8.65. The van der Waals surface area contributed by atoms with Gasteiger partial charge in [0.25, 0.3) is 0 Å². The lowest BCUT2D eigenvalue weighted by atomic mass is 10.0. The van der Waals surface area contributed by atoms with Crippen LogP contribution >= 0.6 is 11.6 Å². The van der Waals surface area contributed by atoms with Crippen LogP contribution < -0.4 is 5.32 Å². The number of nitrogens with one attached hydrogen (secondary N) is 1. The van der Waals surface area contributed by atoms with Gasteiger partial charge in [0.05, 0.1) is 11.4 Å². The fraction of sp³-hybridized carbons (Fsp3) is 0.333. The van der Waals surface area contributed by atoms with Crippen LogP contribution in [-0.4, -0.2) is 55.6 Å². The van der Waals surface area contributed by atoms with Crippen molar-refractivity contribution >= 4 is 33.4 Å². The molecule has 0 aliphatic rings. The minimum atomic E-state index is -3.96. The zero-order chi connectivity index (χ0) is 28.4. The summed E-state index contributed by atoms with van der Waals surface area (Å²) in [7, 11) is -2.60. The highest BCUT2D eigenvalue weighted by Crippen LogP contribution is 2.20. The maximum absolute atomic E-state index is 13.9. The molecule has 2 amide bonds. The van der Waals surface area contributed by atoms with Crippen molar-refractivity contribution in [3.8, 4) is 0 Å². The van der Waals surface area contributed by atoms with Crippen molar-refractivity contribution in [2.24, 2.45) is 0 Å². The van der Waals surface area contributed by atoms with Gasteiger partial charge in [0, 0.05) is 31.6 Å². The molecule has 0 aliphatic carbocycles. The predicted octanol–water partition coefficient (Wildman–Crippen LogP) is 4.83. The topological polar surface area (TPSA) is 86.8 Å². The van der Waals surface area contributed by atoms with Crippen molar-refractivity contribution < 1.29 is 18.0 Å². The lowest BCUT2D eigenvalue weighted by Crippen LogP contribution is -2.53. The molecule has 3 aromatic carbocycles. The van der Waals surface area contributed by atoms with E-state index in [2.05, 4.69) is 5.32 Å². The van der Waals surface area contributed by atoms with E-state index in [4.69, 9.17) is 11.6 Å². The molecular weight excluding hydrogens is 534 g/mol. The van der Waals surface area contributed by atoms with Gasteiger partial charge in [-0.3, -0.25) is 9.59 Å². The number of sulfonamides is 1. The van der Waals surface area contributed by atoms with E-state index in [1.165, 1.54) is 36.2 Å². The number of rotatable bonds is 13. The summed E-state index contributed by atoms with van der Waals surface area (Å²) in [5.41, 5.74) is 2.78. The van der Waals surface area contributed by atoms with Gasteiger partial charge in [-0.25, -0.2) is 8.42 Å². The summed E-state index contributed by atoms with van der Waals surface area (Å²) in [6.07, 6.45) is 2.03. The average Bonchev–Trinajstić information content (AvgIpc) is 2.91. The largest absolute Gasteiger partial charge is 0.354 e. The average molecular weight is 570 g/mol.